The number of sulfone groups is 1. The molecule has 1 N–H and O–H groups in total. The molecular formula is C13H17NO3S. The van der Waals surface area contributed by atoms with Gasteiger partial charge in [-0.2, -0.15) is 0 Å². The van der Waals surface area contributed by atoms with Gasteiger partial charge in [0.1, 0.15) is 11.4 Å². The average Bonchev–Trinajstić information content (AvgIpc) is 2.25. The minimum Gasteiger partial charge on any atom is -0.485 e. The molecule has 1 aromatic carbocycles. The number of benzene rings is 1. The number of ether oxygens (including phenoxy) is 1. The van der Waals surface area contributed by atoms with Crippen LogP contribution >= 0.6 is 0 Å². The molecule has 2 heterocycles. The van der Waals surface area contributed by atoms with Gasteiger partial charge in [-0.05, 0) is 43.1 Å². The Balaban J connectivity index is 1.78. The lowest BCUT2D eigenvalue weighted by atomic mass is 10.0. The molecule has 0 radical (unpaired) electrons. The summed E-state index contributed by atoms with van der Waals surface area (Å²) in [6.07, 6.45) is 1.04. The third kappa shape index (κ3) is 2.24. The van der Waals surface area contributed by atoms with E-state index < -0.39 is 15.4 Å². The van der Waals surface area contributed by atoms with Crippen molar-refractivity contribution in [3.63, 3.8) is 0 Å². The molecule has 4 nitrogen and oxygen atoms in total. The van der Waals surface area contributed by atoms with E-state index in [1.54, 1.807) is 0 Å². The van der Waals surface area contributed by atoms with Crippen LogP contribution in [0.4, 0.5) is 0 Å². The largest absolute Gasteiger partial charge is 0.485 e. The van der Waals surface area contributed by atoms with Crippen molar-refractivity contribution in [1.29, 1.82) is 0 Å². The minimum atomic E-state index is -2.86. The van der Waals surface area contributed by atoms with Crippen molar-refractivity contribution in [3.8, 4) is 5.75 Å². The first-order valence-corrected chi connectivity index (χ1v) is 8.00. The highest BCUT2D eigenvalue weighted by Gasteiger charge is 2.47. The van der Waals surface area contributed by atoms with Gasteiger partial charge in [-0.3, -0.25) is 0 Å². The van der Waals surface area contributed by atoms with Crippen molar-refractivity contribution in [2.75, 3.05) is 18.1 Å². The molecule has 0 saturated carbocycles. The number of hydrogen-bond donors (Lipinski definition) is 1. The molecule has 5 heteroatoms. The van der Waals surface area contributed by atoms with Gasteiger partial charge in [-0.1, -0.05) is 6.07 Å². The summed E-state index contributed by atoms with van der Waals surface area (Å²) in [6, 6.07) is 6.06. The first kappa shape index (κ1) is 12.0. The van der Waals surface area contributed by atoms with E-state index in [1.807, 2.05) is 19.1 Å². The zero-order valence-corrected chi connectivity index (χ0v) is 11.2. The second-order valence-corrected chi connectivity index (χ2v) is 7.51. The monoisotopic (exact) mass is 267 g/mol. The van der Waals surface area contributed by atoms with Gasteiger partial charge in [0.25, 0.3) is 0 Å². The summed E-state index contributed by atoms with van der Waals surface area (Å²) in [5.74, 6) is 1.01. The van der Waals surface area contributed by atoms with Gasteiger partial charge in [-0.25, -0.2) is 8.42 Å². The van der Waals surface area contributed by atoms with E-state index in [-0.39, 0.29) is 11.5 Å². The average molecular weight is 267 g/mol. The molecule has 18 heavy (non-hydrogen) atoms. The van der Waals surface area contributed by atoms with Gasteiger partial charge < -0.3 is 10.1 Å². The van der Waals surface area contributed by atoms with Crippen molar-refractivity contribution in [2.45, 2.75) is 25.5 Å². The van der Waals surface area contributed by atoms with Crippen LogP contribution in [0.2, 0.25) is 0 Å². The summed E-state index contributed by atoms with van der Waals surface area (Å²) in [6.45, 7) is 3.73. The maximum atomic E-state index is 11.2. The summed E-state index contributed by atoms with van der Waals surface area (Å²) in [7, 11) is -2.86. The highest BCUT2D eigenvalue weighted by Crippen LogP contribution is 2.30. The molecule has 0 atom stereocenters. The highest BCUT2D eigenvalue weighted by molar-refractivity contribution is 7.93. The van der Waals surface area contributed by atoms with Crippen molar-refractivity contribution in [3.05, 3.63) is 29.3 Å². The topological polar surface area (TPSA) is 55.4 Å². The first-order chi connectivity index (χ1) is 8.46. The number of hydrogen-bond acceptors (Lipinski definition) is 4. The lowest BCUT2D eigenvalue weighted by Crippen LogP contribution is -2.56. The molecule has 0 aromatic heterocycles. The van der Waals surface area contributed by atoms with Crippen molar-refractivity contribution in [1.82, 2.24) is 5.32 Å². The fraction of sp³-hybridized carbons (Fsp3) is 0.538. The molecule has 0 amide bonds. The normalized spacial score (nSPS) is 23.8. The molecule has 1 aromatic rings. The van der Waals surface area contributed by atoms with Crippen LogP contribution in [0.5, 0.6) is 5.75 Å². The molecule has 1 fully saturated rings. The third-order valence-corrected chi connectivity index (χ3v) is 5.58. The Hall–Kier alpha value is -1.07. The summed E-state index contributed by atoms with van der Waals surface area (Å²) >= 11 is 0. The van der Waals surface area contributed by atoms with Gasteiger partial charge in [0.15, 0.2) is 9.84 Å². The van der Waals surface area contributed by atoms with E-state index in [4.69, 9.17) is 4.74 Å². The Morgan fingerprint density at radius 1 is 1.28 bits per heavy atom. The van der Waals surface area contributed by atoms with Crippen LogP contribution in [0.15, 0.2) is 18.2 Å². The maximum Gasteiger partial charge on any atom is 0.158 e. The lowest BCUT2D eigenvalue weighted by Gasteiger charge is -2.38. The van der Waals surface area contributed by atoms with Gasteiger partial charge >= 0.3 is 0 Å². The van der Waals surface area contributed by atoms with Crippen LogP contribution in [0.1, 0.15) is 18.1 Å². The molecule has 3 rings (SSSR count). The van der Waals surface area contributed by atoms with Gasteiger partial charge in [0, 0.05) is 6.54 Å². The molecular weight excluding hydrogens is 250 g/mol. The summed E-state index contributed by atoms with van der Waals surface area (Å²) in [5, 5.41) is 3.32. The smallest absolute Gasteiger partial charge is 0.158 e. The second-order valence-electron chi connectivity index (χ2n) is 5.44. The molecule has 98 valence electrons. The summed E-state index contributed by atoms with van der Waals surface area (Å²) in [4.78, 5) is 0. The quantitative estimate of drug-likeness (QED) is 0.865. The van der Waals surface area contributed by atoms with E-state index >= 15 is 0 Å². The Bertz CT molecular complexity index is 568. The number of nitrogens with one attached hydrogen (secondary N) is 1. The Morgan fingerprint density at radius 2 is 2.06 bits per heavy atom. The number of fused-ring (bicyclic) bond motifs is 1. The molecule has 0 unspecified atom stereocenters. The number of rotatable bonds is 2. The van der Waals surface area contributed by atoms with Gasteiger partial charge in [0.05, 0.1) is 11.5 Å². The Labute approximate surface area is 107 Å². The molecule has 1 saturated heterocycles. The van der Waals surface area contributed by atoms with Crippen LogP contribution in [0, 0.1) is 0 Å². The molecule has 0 bridgehead atoms. The maximum absolute atomic E-state index is 11.2. The van der Waals surface area contributed by atoms with E-state index in [0.717, 1.165) is 25.3 Å². The van der Waals surface area contributed by atoms with Crippen LogP contribution in [-0.4, -0.2) is 32.1 Å². The molecule has 0 aliphatic carbocycles. The Kier molecular flexibility index (Phi) is 2.64. The molecule has 2 aliphatic rings. The van der Waals surface area contributed by atoms with Crippen LogP contribution < -0.4 is 10.1 Å². The fourth-order valence-electron chi connectivity index (χ4n) is 2.75. The third-order valence-electron chi connectivity index (χ3n) is 3.48. The first-order valence-electron chi connectivity index (χ1n) is 6.18. The predicted molar refractivity (Wildman–Crippen MR) is 69.5 cm³/mol. The van der Waals surface area contributed by atoms with E-state index in [2.05, 4.69) is 11.4 Å². The second kappa shape index (κ2) is 3.96. The van der Waals surface area contributed by atoms with Gasteiger partial charge in [-0.15, -0.1) is 0 Å². The van der Waals surface area contributed by atoms with Crippen LogP contribution in [0.25, 0.3) is 0 Å². The van der Waals surface area contributed by atoms with E-state index in [1.165, 1.54) is 11.1 Å². The minimum absolute atomic E-state index is 0.120. The SMILES string of the molecule is CC1(Oc2ccc3c(c2)CNCC3)CS(=O)(=O)C1. The van der Waals surface area contributed by atoms with E-state index in [9.17, 15) is 8.42 Å². The predicted octanol–water partition coefficient (Wildman–Crippen LogP) is 0.898. The van der Waals surface area contributed by atoms with Crippen LogP contribution in [-0.2, 0) is 22.8 Å². The van der Waals surface area contributed by atoms with Crippen molar-refractivity contribution < 1.29 is 13.2 Å². The molecule has 0 spiro atoms. The molecule has 2 aliphatic heterocycles. The Morgan fingerprint density at radius 3 is 2.78 bits per heavy atom. The summed E-state index contributed by atoms with van der Waals surface area (Å²) in [5.41, 5.74) is 2.06. The zero-order chi connectivity index (χ0) is 12.8. The zero-order valence-electron chi connectivity index (χ0n) is 10.4. The lowest BCUT2D eigenvalue weighted by molar-refractivity contribution is 0.120. The van der Waals surface area contributed by atoms with Crippen molar-refractivity contribution >= 4 is 9.84 Å². The standard InChI is InChI=1S/C13H17NO3S/c1-13(8-18(15,16)9-13)17-12-3-2-10-4-5-14-7-11(10)6-12/h2-3,6,14H,4-5,7-9H2,1H3. The van der Waals surface area contributed by atoms with Crippen LogP contribution in [0.3, 0.4) is 0 Å². The summed E-state index contributed by atoms with van der Waals surface area (Å²) < 4.78 is 28.3. The van der Waals surface area contributed by atoms with E-state index in [0.29, 0.717) is 0 Å². The highest BCUT2D eigenvalue weighted by atomic mass is 32.2. The fourth-order valence-corrected chi connectivity index (χ4v) is 4.65. The van der Waals surface area contributed by atoms with Gasteiger partial charge in [0.2, 0.25) is 0 Å². The van der Waals surface area contributed by atoms with Crippen molar-refractivity contribution in [2.24, 2.45) is 0 Å².